The van der Waals surface area contributed by atoms with Gasteiger partial charge in [-0.2, -0.15) is 4.99 Å². The van der Waals surface area contributed by atoms with Crippen LogP contribution in [0.15, 0.2) is 70.5 Å². The summed E-state index contributed by atoms with van der Waals surface area (Å²) in [6.07, 6.45) is 0.483. The number of aromatic amines is 1. The van der Waals surface area contributed by atoms with Crippen molar-refractivity contribution in [3.63, 3.8) is 0 Å². The maximum absolute atomic E-state index is 12.4. The number of urea groups is 1. The number of hydrogen-bond donors (Lipinski definition) is 2. The van der Waals surface area contributed by atoms with Crippen molar-refractivity contribution < 1.29 is 4.79 Å². The summed E-state index contributed by atoms with van der Waals surface area (Å²) in [5.74, 6) is 0. The molecule has 0 aliphatic carbocycles. The molecular weight excluding hydrogens is 302 g/mol. The van der Waals surface area contributed by atoms with Crippen LogP contribution in [0.2, 0.25) is 0 Å². The standard InChI is InChI=1S/C19H15N3O2/c23-18-14(10-13-8-4-5-9-15(13)20-18)17-11-16(21-19(24)22-17)12-6-2-1-3-7-12/h1-10,16H,11H2,(H,20,23)(H,21,24). The molecule has 1 atom stereocenters. The Morgan fingerprint density at radius 1 is 0.958 bits per heavy atom. The Labute approximate surface area is 138 Å². The van der Waals surface area contributed by atoms with Crippen LogP contribution >= 0.6 is 0 Å². The van der Waals surface area contributed by atoms with Gasteiger partial charge < -0.3 is 10.3 Å². The van der Waals surface area contributed by atoms with E-state index in [0.717, 1.165) is 16.5 Å². The molecule has 1 unspecified atom stereocenters. The lowest BCUT2D eigenvalue weighted by Crippen LogP contribution is -2.35. The first-order valence-electron chi connectivity index (χ1n) is 7.76. The summed E-state index contributed by atoms with van der Waals surface area (Å²) < 4.78 is 0. The highest BCUT2D eigenvalue weighted by atomic mass is 16.2. The molecule has 2 amide bonds. The van der Waals surface area contributed by atoms with Crippen LogP contribution in [0, 0.1) is 0 Å². The van der Waals surface area contributed by atoms with E-state index >= 15 is 0 Å². The third-order valence-corrected chi connectivity index (χ3v) is 4.20. The Kier molecular flexibility index (Phi) is 3.46. The highest BCUT2D eigenvalue weighted by molar-refractivity contribution is 6.09. The topological polar surface area (TPSA) is 74.3 Å². The third kappa shape index (κ3) is 2.60. The zero-order valence-electron chi connectivity index (χ0n) is 12.8. The minimum absolute atomic E-state index is 0.183. The van der Waals surface area contributed by atoms with Crippen molar-refractivity contribution in [2.75, 3.05) is 0 Å². The zero-order chi connectivity index (χ0) is 16.5. The molecule has 0 saturated carbocycles. The molecule has 0 radical (unpaired) electrons. The molecule has 2 N–H and O–H groups in total. The second-order valence-electron chi connectivity index (χ2n) is 5.77. The number of aliphatic imine (C=N–C) groups is 1. The average molecular weight is 317 g/mol. The van der Waals surface area contributed by atoms with E-state index in [1.54, 1.807) is 6.07 Å². The maximum atomic E-state index is 12.4. The van der Waals surface area contributed by atoms with Gasteiger partial charge in [-0.05, 0) is 23.1 Å². The number of aromatic nitrogens is 1. The molecule has 4 rings (SSSR count). The molecule has 0 bridgehead atoms. The molecule has 1 aliphatic rings. The second-order valence-corrected chi connectivity index (χ2v) is 5.77. The van der Waals surface area contributed by atoms with Crippen molar-refractivity contribution in [2.24, 2.45) is 4.99 Å². The van der Waals surface area contributed by atoms with Crippen molar-refractivity contribution in [2.45, 2.75) is 12.5 Å². The van der Waals surface area contributed by atoms with Crippen molar-refractivity contribution >= 4 is 22.6 Å². The van der Waals surface area contributed by atoms with E-state index in [-0.39, 0.29) is 11.6 Å². The van der Waals surface area contributed by atoms with Crippen LogP contribution < -0.4 is 10.9 Å². The van der Waals surface area contributed by atoms with Gasteiger partial charge in [0.15, 0.2) is 0 Å². The van der Waals surface area contributed by atoms with Crippen LogP contribution in [0.5, 0.6) is 0 Å². The number of H-pyrrole nitrogens is 1. The molecule has 5 nitrogen and oxygen atoms in total. The normalized spacial score (nSPS) is 17.4. The summed E-state index contributed by atoms with van der Waals surface area (Å²) in [7, 11) is 0. The van der Waals surface area contributed by atoms with Crippen molar-refractivity contribution in [1.29, 1.82) is 0 Å². The smallest absolute Gasteiger partial charge is 0.329 e. The van der Waals surface area contributed by atoms with Gasteiger partial charge in [-0.3, -0.25) is 4.79 Å². The lowest BCUT2D eigenvalue weighted by atomic mass is 9.96. The molecule has 0 saturated heterocycles. The van der Waals surface area contributed by atoms with E-state index in [4.69, 9.17) is 0 Å². The number of rotatable bonds is 2. The summed E-state index contributed by atoms with van der Waals surface area (Å²) in [5.41, 5.74) is 2.50. The number of para-hydroxylation sites is 1. The number of benzene rings is 2. The molecule has 1 aromatic heterocycles. The van der Waals surface area contributed by atoms with Crippen molar-refractivity contribution in [3.8, 4) is 0 Å². The first-order chi connectivity index (χ1) is 11.7. The van der Waals surface area contributed by atoms with Gasteiger partial charge in [0.1, 0.15) is 0 Å². The monoisotopic (exact) mass is 317 g/mol. The van der Waals surface area contributed by atoms with E-state index in [1.165, 1.54) is 0 Å². The van der Waals surface area contributed by atoms with Crippen LogP contribution in [0.1, 0.15) is 23.6 Å². The molecule has 2 aromatic carbocycles. The van der Waals surface area contributed by atoms with Gasteiger partial charge in [-0.15, -0.1) is 0 Å². The summed E-state index contributed by atoms with van der Waals surface area (Å²) >= 11 is 0. The molecule has 0 fully saturated rings. The largest absolute Gasteiger partial charge is 0.341 e. The number of nitrogens with one attached hydrogen (secondary N) is 2. The number of nitrogens with zero attached hydrogens (tertiary/aromatic N) is 1. The fourth-order valence-electron chi connectivity index (χ4n) is 3.01. The molecule has 24 heavy (non-hydrogen) atoms. The van der Waals surface area contributed by atoms with Gasteiger partial charge in [0.25, 0.3) is 5.56 Å². The van der Waals surface area contributed by atoms with E-state index in [0.29, 0.717) is 17.7 Å². The number of carbonyl (C=O) groups excluding carboxylic acids is 1. The van der Waals surface area contributed by atoms with Crippen LogP contribution in [0.4, 0.5) is 4.79 Å². The molecular formula is C19H15N3O2. The third-order valence-electron chi connectivity index (χ3n) is 4.20. The Morgan fingerprint density at radius 2 is 1.71 bits per heavy atom. The Morgan fingerprint density at radius 3 is 2.54 bits per heavy atom. The molecule has 3 aromatic rings. The fraction of sp³-hybridized carbons (Fsp3) is 0.105. The summed E-state index contributed by atoms with van der Waals surface area (Å²) in [4.78, 5) is 31.3. The first kappa shape index (κ1) is 14.4. The van der Waals surface area contributed by atoms with Crippen molar-refractivity contribution in [3.05, 3.63) is 82.1 Å². The highest BCUT2D eigenvalue weighted by Crippen LogP contribution is 2.23. The van der Waals surface area contributed by atoms with Crippen LogP contribution in [0.25, 0.3) is 10.9 Å². The van der Waals surface area contributed by atoms with Crippen LogP contribution in [-0.4, -0.2) is 16.7 Å². The van der Waals surface area contributed by atoms with E-state index < -0.39 is 6.03 Å². The maximum Gasteiger partial charge on any atom is 0.341 e. The predicted octanol–water partition coefficient (Wildman–Crippen LogP) is 3.17. The number of hydrogen-bond acceptors (Lipinski definition) is 2. The minimum Gasteiger partial charge on any atom is -0.329 e. The number of amides is 2. The van der Waals surface area contributed by atoms with Gasteiger partial charge in [0.2, 0.25) is 0 Å². The number of fused-ring (bicyclic) bond motifs is 1. The van der Waals surface area contributed by atoms with Gasteiger partial charge in [0.05, 0.1) is 17.3 Å². The fourth-order valence-corrected chi connectivity index (χ4v) is 3.01. The lowest BCUT2D eigenvalue weighted by Gasteiger charge is -2.23. The SMILES string of the molecule is O=C1N=C(c2cc3ccccc3[nH]c2=O)CC(c2ccccc2)N1. The Balaban J connectivity index is 1.77. The molecule has 5 heteroatoms. The predicted molar refractivity (Wildman–Crippen MR) is 93.4 cm³/mol. The quantitative estimate of drug-likeness (QED) is 0.762. The molecule has 118 valence electrons. The first-order valence-corrected chi connectivity index (χ1v) is 7.76. The van der Waals surface area contributed by atoms with Gasteiger partial charge in [-0.1, -0.05) is 48.5 Å². The van der Waals surface area contributed by atoms with Gasteiger partial charge in [0, 0.05) is 11.9 Å². The summed E-state index contributed by atoms with van der Waals surface area (Å²) in [5, 5.41) is 3.76. The minimum atomic E-state index is -0.419. The molecule has 2 heterocycles. The van der Waals surface area contributed by atoms with Crippen LogP contribution in [0.3, 0.4) is 0 Å². The summed E-state index contributed by atoms with van der Waals surface area (Å²) in [6, 6.07) is 18.4. The highest BCUT2D eigenvalue weighted by Gasteiger charge is 2.24. The number of carbonyl (C=O) groups is 1. The summed E-state index contributed by atoms with van der Waals surface area (Å²) in [6.45, 7) is 0. The molecule has 0 spiro atoms. The van der Waals surface area contributed by atoms with Gasteiger partial charge in [-0.25, -0.2) is 4.79 Å². The lowest BCUT2D eigenvalue weighted by molar-refractivity contribution is 0.244. The van der Waals surface area contributed by atoms with Crippen molar-refractivity contribution in [1.82, 2.24) is 10.3 Å². The second kappa shape index (κ2) is 5.77. The van der Waals surface area contributed by atoms with E-state index in [2.05, 4.69) is 15.3 Å². The number of pyridine rings is 1. The van der Waals surface area contributed by atoms with Crippen LogP contribution in [-0.2, 0) is 0 Å². The Hall–Kier alpha value is -3.21. The van der Waals surface area contributed by atoms with E-state index in [1.807, 2.05) is 54.6 Å². The zero-order valence-corrected chi connectivity index (χ0v) is 12.8. The van der Waals surface area contributed by atoms with Gasteiger partial charge >= 0.3 is 6.03 Å². The Bertz CT molecular complexity index is 1010. The van der Waals surface area contributed by atoms with E-state index in [9.17, 15) is 9.59 Å². The molecule has 1 aliphatic heterocycles. The average Bonchev–Trinajstić information content (AvgIpc) is 2.61.